The van der Waals surface area contributed by atoms with Gasteiger partial charge < -0.3 is 14.8 Å². The number of rotatable bonds is 9. The van der Waals surface area contributed by atoms with E-state index in [2.05, 4.69) is 35.4 Å². The van der Waals surface area contributed by atoms with Gasteiger partial charge in [-0.2, -0.15) is 0 Å². The Morgan fingerprint density at radius 3 is 2.37 bits per heavy atom. The zero-order chi connectivity index (χ0) is 24.6. The summed E-state index contributed by atoms with van der Waals surface area (Å²) in [6.45, 7) is 3.07. The second-order valence-corrected chi connectivity index (χ2v) is 8.72. The number of aryl methyl sites for hydroxylation is 2. The predicted molar refractivity (Wildman–Crippen MR) is 142 cm³/mol. The summed E-state index contributed by atoms with van der Waals surface area (Å²) in [5, 5.41) is 3.11. The minimum atomic E-state index is -0.165. The average Bonchev–Trinajstić information content (AvgIpc) is 2.88. The highest BCUT2D eigenvalue weighted by Gasteiger charge is 2.17. The third-order valence-electron chi connectivity index (χ3n) is 6.25. The summed E-state index contributed by atoms with van der Waals surface area (Å²) in [7, 11) is 1.76. The first kappa shape index (κ1) is 24.2. The van der Waals surface area contributed by atoms with Crippen LogP contribution < -0.4 is 10.9 Å². The van der Waals surface area contributed by atoms with Crippen LogP contribution in [-0.4, -0.2) is 33.6 Å². The van der Waals surface area contributed by atoms with Crippen LogP contribution in [0, 0.1) is 0 Å². The molecule has 0 saturated carbocycles. The molecule has 0 atom stereocenters. The maximum absolute atomic E-state index is 13.4. The lowest BCUT2D eigenvalue weighted by atomic mass is 10.1. The van der Waals surface area contributed by atoms with Gasteiger partial charge in [0.05, 0.1) is 11.0 Å². The Kier molecular flexibility index (Phi) is 7.93. The van der Waals surface area contributed by atoms with E-state index in [4.69, 9.17) is 0 Å². The highest BCUT2D eigenvalue weighted by Crippen LogP contribution is 2.18. The van der Waals surface area contributed by atoms with Crippen molar-refractivity contribution in [2.24, 2.45) is 7.05 Å². The molecule has 0 unspecified atom stereocenters. The van der Waals surface area contributed by atoms with Crippen LogP contribution >= 0.6 is 0 Å². The van der Waals surface area contributed by atoms with E-state index < -0.39 is 0 Å². The number of carbonyl (C=O) groups excluding carboxylic acids is 1. The summed E-state index contributed by atoms with van der Waals surface area (Å²) in [6, 6.07) is 25.5. The predicted octanol–water partition coefficient (Wildman–Crippen LogP) is 5.21. The van der Waals surface area contributed by atoms with Gasteiger partial charge >= 0.3 is 6.03 Å². The first-order valence-corrected chi connectivity index (χ1v) is 12.2. The van der Waals surface area contributed by atoms with Gasteiger partial charge in [-0.3, -0.25) is 4.79 Å². The first-order valence-electron chi connectivity index (χ1n) is 12.2. The van der Waals surface area contributed by atoms with E-state index in [1.54, 1.807) is 16.5 Å². The molecule has 0 spiro atoms. The molecule has 180 valence electrons. The van der Waals surface area contributed by atoms with Crippen molar-refractivity contribution in [3.63, 3.8) is 0 Å². The molecule has 1 heterocycles. The maximum Gasteiger partial charge on any atom is 0.321 e. The number of para-hydroxylation sites is 3. The summed E-state index contributed by atoms with van der Waals surface area (Å²) < 4.78 is 1.63. The van der Waals surface area contributed by atoms with Crippen molar-refractivity contribution in [3.05, 3.63) is 106 Å². The molecule has 0 aliphatic carbocycles. The van der Waals surface area contributed by atoms with E-state index >= 15 is 0 Å². The molecule has 3 aromatic carbocycles. The van der Waals surface area contributed by atoms with Crippen molar-refractivity contribution >= 4 is 22.8 Å². The molecular formula is C29H32N4O2. The number of amides is 2. The minimum Gasteiger partial charge on any atom is -0.324 e. The maximum atomic E-state index is 13.4. The van der Waals surface area contributed by atoms with E-state index in [-0.39, 0.29) is 11.6 Å². The zero-order valence-electron chi connectivity index (χ0n) is 20.4. The molecule has 0 bridgehead atoms. The molecule has 6 heteroatoms. The van der Waals surface area contributed by atoms with Crippen LogP contribution in [0.15, 0.2) is 83.7 Å². The van der Waals surface area contributed by atoms with Crippen LogP contribution in [0.1, 0.15) is 30.2 Å². The summed E-state index contributed by atoms with van der Waals surface area (Å²) >= 11 is 0. The Balaban J connectivity index is 1.55. The highest BCUT2D eigenvalue weighted by molar-refractivity contribution is 5.90. The van der Waals surface area contributed by atoms with Gasteiger partial charge in [0.25, 0.3) is 5.56 Å². The van der Waals surface area contributed by atoms with Crippen LogP contribution in [0.25, 0.3) is 11.0 Å². The molecule has 2 amide bonds. The Labute approximate surface area is 206 Å². The Bertz CT molecular complexity index is 1350. The number of hydrogen-bond donors (Lipinski definition) is 1. The number of hydrogen-bond acceptors (Lipinski definition) is 3. The lowest BCUT2D eigenvalue weighted by molar-refractivity contribution is 0.212. The van der Waals surface area contributed by atoms with Crippen molar-refractivity contribution < 1.29 is 4.79 Å². The van der Waals surface area contributed by atoms with Crippen LogP contribution in [0.2, 0.25) is 0 Å². The number of urea groups is 1. The Hall–Kier alpha value is -3.93. The second kappa shape index (κ2) is 11.5. The quantitative estimate of drug-likeness (QED) is 0.367. The molecular weight excluding hydrogens is 436 g/mol. The minimum absolute atomic E-state index is 0.125. The largest absolute Gasteiger partial charge is 0.324 e. The van der Waals surface area contributed by atoms with Crippen molar-refractivity contribution in [3.8, 4) is 0 Å². The summed E-state index contributed by atoms with van der Waals surface area (Å²) in [4.78, 5) is 32.7. The average molecular weight is 469 g/mol. The molecule has 0 aliphatic heterocycles. The molecule has 6 nitrogen and oxygen atoms in total. The first-order chi connectivity index (χ1) is 17.1. The number of anilines is 1. The number of fused-ring (bicyclic) bond motifs is 1. The van der Waals surface area contributed by atoms with Gasteiger partial charge in [-0.1, -0.05) is 74.0 Å². The third-order valence-corrected chi connectivity index (χ3v) is 6.25. The van der Waals surface area contributed by atoms with E-state index in [0.29, 0.717) is 25.2 Å². The number of benzene rings is 3. The van der Waals surface area contributed by atoms with Crippen LogP contribution in [0.4, 0.5) is 10.5 Å². The molecule has 1 N–H and O–H groups in total. The fraction of sp³-hybridized carbons (Fsp3) is 0.276. The number of carbonyl (C=O) groups is 1. The SMILES string of the molecule is CCCc1ccccc1NC(=O)N(CCc1ccccc1)CCc1nc2ccccc2n(C)c1=O. The third kappa shape index (κ3) is 5.96. The molecule has 0 saturated heterocycles. The van der Waals surface area contributed by atoms with Crippen LogP contribution in [0.5, 0.6) is 0 Å². The fourth-order valence-corrected chi connectivity index (χ4v) is 4.29. The topological polar surface area (TPSA) is 67.2 Å². The van der Waals surface area contributed by atoms with Gasteiger partial charge in [-0.15, -0.1) is 0 Å². The molecule has 35 heavy (non-hydrogen) atoms. The Morgan fingerprint density at radius 1 is 0.886 bits per heavy atom. The van der Waals surface area contributed by atoms with Crippen molar-refractivity contribution in [2.75, 3.05) is 18.4 Å². The van der Waals surface area contributed by atoms with Gasteiger partial charge in [0, 0.05) is 32.2 Å². The standard InChI is InChI=1S/C29H32N4O2/c1-3-11-23-14-7-8-15-24(23)31-29(35)33(20-18-22-12-5-4-6-13-22)21-19-26-28(34)32(2)27-17-10-9-16-25(27)30-26/h4-10,12-17H,3,11,18-21H2,1-2H3,(H,31,35). The van der Waals surface area contributed by atoms with Gasteiger partial charge in [-0.25, -0.2) is 9.78 Å². The Morgan fingerprint density at radius 2 is 1.57 bits per heavy atom. The number of nitrogens with one attached hydrogen (secondary N) is 1. The van der Waals surface area contributed by atoms with E-state index in [9.17, 15) is 9.59 Å². The smallest absolute Gasteiger partial charge is 0.321 e. The molecule has 0 fully saturated rings. The van der Waals surface area contributed by atoms with Crippen LogP contribution in [0.3, 0.4) is 0 Å². The normalized spacial score (nSPS) is 10.9. The van der Waals surface area contributed by atoms with Gasteiger partial charge in [0.1, 0.15) is 5.69 Å². The van der Waals surface area contributed by atoms with Crippen molar-refractivity contribution in [1.29, 1.82) is 0 Å². The molecule has 4 aromatic rings. The number of aromatic nitrogens is 2. The summed E-state index contributed by atoms with van der Waals surface area (Å²) in [5.74, 6) is 0. The molecule has 0 aliphatic rings. The van der Waals surface area contributed by atoms with Crippen LogP contribution in [-0.2, 0) is 26.3 Å². The zero-order valence-corrected chi connectivity index (χ0v) is 20.4. The summed E-state index contributed by atoms with van der Waals surface area (Å²) in [5.41, 5.74) is 5.04. The van der Waals surface area contributed by atoms with Gasteiger partial charge in [-0.05, 0) is 42.2 Å². The molecule has 1 aromatic heterocycles. The monoisotopic (exact) mass is 468 g/mol. The number of nitrogens with zero attached hydrogens (tertiary/aromatic N) is 3. The lowest BCUT2D eigenvalue weighted by Crippen LogP contribution is -2.39. The van der Waals surface area contributed by atoms with E-state index in [1.165, 1.54) is 0 Å². The van der Waals surface area contributed by atoms with Gasteiger partial charge in [0.15, 0.2) is 0 Å². The van der Waals surface area contributed by atoms with Crippen molar-refractivity contribution in [1.82, 2.24) is 14.5 Å². The summed E-state index contributed by atoms with van der Waals surface area (Å²) in [6.07, 6.45) is 3.02. The van der Waals surface area contributed by atoms with E-state index in [1.807, 2.05) is 60.7 Å². The second-order valence-electron chi connectivity index (χ2n) is 8.72. The molecule has 4 rings (SSSR count). The highest BCUT2D eigenvalue weighted by atomic mass is 16.2. The van der Waals surface area contributed by atoms with E-state index in [0.717, 1.165) is 47.1 Å². The van der Waals surface area contributed by atoms with Gasteiger partial charge in [0.2, 0.25) is 0 Å². The van der Waals surface area contributed by atoms with Crippen molar-refractivity contribution in [2.45, 2.75) is 32.6 Å². The fourth-order valence-electron chi connectivity index (χ4n) is 4.29. The lowest BCUT2D eigenvalue weighted by Gasteiger charge is -2.24. The molecule has 0 radical (unpaired) electrons.